The molecule has 9 nitrogen and oxygen atoms in total. The lowest BCUT2D eigenvalue weighted by atomic mass is 10.1. The molecule has 0 spiro atoms. The first-order chi connectivity index (χ1) is 12.9. The Morgan fingerprint density at radius 1 is 1.26 bits per heavy atom. The second kappa shape index (κ2) is 7.56. The van der Waals surface area contributed by atoms with Crippen LogP contribution in [0.4, 0.5) is 10.5 Å². The first kappa shape index (κ1) is 18.6. The summed E-state index contributed by atoms with van der Waals surface area (Å²) in [6.45, 7) is 10.7. The van der Waals surface area contributed by atoms with E-state index in [0.717, 1.165) is 34.7 Å². The van der Waals surface area contributed by atoms with Crippen LogP contribution in [0.2, 0.25) is 0 Å². The molecule has 0 fully saturated rings. The van der Waals surface area contributed by atoms with E-state index in [9.17, 15) is 4.79 Å². The molecule has 2 heterocycles. The minimum atomic E-state index is -0.275. The van der Waals surface area contributed by atoms with Gasteiger partial charge in [0.15, 0.2) is 0 Å². The van der Waals surface area contributed by atoms with Gasteiger partial charge in [-0.1, -0.05) is 6.07 Å². The van der Waals surface area contributed by atoms with E-state index < -0.39 is 0 Å². The van der Waals surface area contributed by atoms with E-state index >= 15 is 0 Å². The molecule has 0 aliphatic rings. The van der Waals surface area contributed by atoms with Gasteiger partial charge in [0, 0.05) is 23.5 Å². The number of tetrazole rings is 1. The number of rotatable bonds is 5. The van der Waals surface area contributed by atoms with E-state index in [4.69, 9.17) is 0 Å². The summed E-state index contributed by atoms with van der Waals surface area (Å²) in [4.78, 5) is 12.5. The lowest BCUT2D eigenvalue weighted by Gasteiger charge is -2.17. The fourth-order valence-electron chi connectivity index (χ4n) is 3.24. The number of hydrogen-bond acceptors (Lipinski definition) is 5. The molecule has 0 saturated heterocycles. The molecule has 2 aromatic heterocycles. The Bertz CT molecular complexity index is 945. The van der Waals surface area contributed by atoms with Gasteiger partial charge in [-0.2, -0.15) is 5.10 Å². The molecule has 3 rings (SSSR count). The van der Waals surface area contributed by atoms with Crippen LogP contribution >= 0.6 is 0 Å². The lowest BCUT2D eigenvalue weighted by molar-refractivity contribution is 0.249. The highest BCUT2D eigenvalue weighted by Crippen LogP contribution is 2.22. The lowest BCUT2D eigenvalue weighted by Crippen LogP contribution is -2.32. The van der Waals surface area contributed by atoms with E-state index in [-0.39, 0.29) is 12.1 Å². The molecule has 1 aromatic carbocycles. The van der Waals surface area contributed by atoms with Crippen molar-refractivity contribution in [1.82, 2.24) is 35.3 Å². The van der Waals surface area contributed by atoms with Crippen LogP contribution in [0.3, 0.4) is 0 Å². The van der Waals surface area contributed by atoms with E-state index in [1.165, 1.54) is 11.0 Å². The van der Waals surface area contributed by atoms with Gasteiger partial charge < -0.3 is 10.6 Å². The van der Waals surface area contributed by atoms with Crippen LogP contribution in [0.15, 0.2) is 24.5 Å². The molecule has 27 heavy (non-hydrogen) atoms. The standard InChI is InChI=1S/C18H24N8O/c1-6-25-14(5)17(13(4)22-25)12(3)20-18(27)21-16-9-15(8-7-11(16)2)26-10-19-23-24-26/h7-10,12H,6H2,1-5H3,(H2,20,21,27)/t12-/m0/s1. The van der Waals surface area contributed by atoms with Crippen LogP contribution < -0.4 is 10.6 Å². The number of anilines is 1. The molecule has 2 amide bonds. The number of urea groups is 1. The minimum Gasteiger partial charge on any atom is -0.331 e. The fraction of sp³-hybridized carbons (Fsp3) is 0.389. The number of carbonyl (C=O) groups is 1. The van der Waals surface area contributed by atoms with Crippen LogP contribution in [-0.2, 0) is 6.54 Å². The SMILES string of the molecule is CCn1nc(C)c([C@H](C)NC(=O)Nc2cc(-n3cnnn3)ccc2C)c1C. The Labute approximate surface area is 157 Å². The average molecular weight is 368 g/mol. The topological polar surface area (TPSA) is 103 Å². The van der Waals surface area contributed by atoms with E-state index in [1.54, 1.807) is 0 Å². The summed E-state index contributed by atoms with van der Waals surface area (Å²) >= 11 is 0. The number of nitrogens with one attached hydrogen (secondary N) is 2. The van der Waals surface area contributed by atoms with Crippen molar-refractivity contribution >= 4 is 11.7 Å². The molecule has 0 saturated carbocycles. The van der Waals surface area contributed by atoms with Gasteiger partial charge in [0.1, 0.15) is 6.33 Å². The smallest absolute Gasteiger partial charge is 0.319 e. The zero-order valence-electron chi connectivity index (χ0n) is 16.2. The predicted octanol–water partition coefficient (Wildman–Crippen LogP) is 2.69. The zero-order chi connectivity index (χ0) is 19.6. The Kier molecular flexibility index (Phi) is 5.20. The normalized spacial score (nSPS) is 12.0. The van der Waals surface area contributed by atoms with Crippen molar-refractivity contribution in [2.45, 2.75) is 47.2 Å². The molecule has 0 bridgehead atoms. The molecular formula is C18H24N8O. The molecule has 0 unspecified atom stereocenters. The molecule has 2 N–H and O–H groups in total. The molecule has 142 valence electrons. The van der Waals surface area contributed by atoms with Crippen molar-refractivity contribution in [3.63, 3.8) is 0 Å². The third kappa shape index (κ3) is 3.81. The molecule has 3 aromatic rings. The molecular weight excluding hydrogens is 344 g/mol. The highest BCUT2D eigenvalue weighted by molar-refractivity contribution is 5.90. The highest BCUT2D eigenvalue weighted by atomic mass is 16.2. The first-order valence-corrected chi connectivity index (χ1v) is 8.86. The van der Waals surface area contributed by atoms with Gasteiger partial charge in [0.25, 0.3) is 0 Å². The highest BCUT2D eigenvalue weighted by Gasteiger charge is 2.19. The average Bonchev–Trinajstić information content (AvgIpc) is 3.24. The van der Waals surface area contributed by atoms with Crippen LogP contribution in [0.5, 0.6) is 0 Å². The number of aryl methyl sites for hydroxylation is 3. The van der Waals surface area contributed by atoms with Crippen LogP contribution in [0.1, 0.15) is 42.4 Å². The Balaban J connectivity index is 1.74. The summed E-state index contributed by atoms with van der Waals surface area (Å²) in [5, 5.41) is 21.6. The van der Waals surface area contributed by atoms with Crippen LogP contribution in [-0.4, -0.2) is 36.0 Å². The molecule has 9 heteroatoms. The van der Waals surface area contributed by atoms with E-state index in [2.05, 4.69) is 38.2 Å². The van der Waals surface area contributed by atoms with E-state index in [1.807, 2.05) is 50.6 Å². The Morgan fingerprint density at radius 2 is 2.04 bits per heavy atom. The second-order valence-corrected chi connectivity index (χ2v) is 6.47. The third-order valence-electron chi connectivity index (χ3n) is 4.60. The number of aromatic nitrogens is 6. The molecule has 0 radical (unpaired) electrons. The second-order valence-electron chi connectivity index (χ2n) is 6.47. The maximum atomic E-state index is 12.5. The minimum absolute atomic E-state index is 0.159. The van der Waals surface area contributed by atoms with Gasteiger partial charge in [-0.25, -0.2) is 9.48 Å². The third-order valence-corrected chi connectivity index (χ3v) is 4.60. The largest absolute Gasteiger partial charge is 0.331 e. The summed E-state index contributed by atoms with van der Waals surface area (Å²) in [7, 11) is 0. The summed E-state index contributed by atoms with van der Waals surface area (Å²) in [6, 6.07) is 5.20. The first-order valence-electron chi connectivity index (χ1n) is 8.86. The van der Waals surface area contributed by atoms with Crippen molar-refractivity contribution in [3.8, 4) is 5.69 Å². The monoisotopic (exact) mass is 368 g/mol. The van der Waals surface area contributed by atoms with E-state index in [0.29, 0.717) is 5.69 Å². The Hall–Kier alpha value is -3.23. The maximum absolute atomic E-state index is 12.5. The summed E-state index contributed by atoms with van der Waals surface area (Å²) < 4.78 is 3.48. The van der Waals surface area contributed by atoms with Crippen molar-refractivity contribution in [2.75, 3.05) is 5.32 Å². The number of amides is 2. The van der Waals surface area contributed by atoms with Gasteiger partial charge in [-0.05, 0) is 62.7 Å². The van der Waals surface area contributed by atoms with Crippen LogP contribution in [0.25, 0.3) is 5.69 Å². The summed E-state index contributed by atoms with van der Waals surface area (Å²) in [5.41, 5.74) is 5.46. The molecule has 0 aliphatic heterocycles. The zero-order valence-corrected chi connectivity index (χ0v) is 16.2. The van der Waals surface area contributed by atoms with Crippen molar-refractivity contribution in [2.24, 2.45) is 0 Å². The van der Waals surface area contributed by atoms with Crippen molar-refractivity contribution in [3.05, 3.63) is 47.0 Å². The number of benzene rings is 1. The van der Waals surface area contributed by atoms with Gasteiger partial charge in [-0.15, -0.1) is 5.10 Å². The van der Waals surface area contributed by atoms with Gasteiger partial charge in [0.2, 0.25) is 0 Å². The Morgan fingerprint density at radius 3 is 2.67 bits per heavy atom. The van der Waals surface area contributed by atoms with Crippen molar-refractivity contribution < 1.29 is 4.79 Å². The maximum Gasteiger partial charge on any atom is 0.319 e. The van der Waals surface area contributed by atoms with Gasteiger partial charge >= 0.3 is 6.03 Å². The summed E-state index contributed by atoms with van der Waals surface area (Å²) in [5.74, 6) is 0. The fourth-order valence-corrected chi connectivity index (χ4v) is 3.24. The molecule has 0 aliphatic carbocycles. The van der Waals surface area contributed by atoms with Gasteiger partial charge in [-0.3, -0.25) is 4.68 Å². The number of hydrogen-bond donors (Lipinski definition) is 2. The van der Waals surface area contributed by atoms with Gasteiger partial charge in [0.05, 0.1) is 17.4 Å². The van der Waals surface area contributed by atoms with Crippen LogP contribution in [0, 0.1) is 20.8 Å². The summed E-state index contributed by atoms with van der Waals surface area (Å²) in [6.07, 6.45) is 1.51. The predicted molar refractivity (Wildman–Crippen MR) is 102 cm³/mol. The number of nitrogens with zero attached hydrogens (tertiary/aromatic N) is 6. The molecule has 1 atom stereocenters. The quantitative estimate of drug-likeness (QED) is 0.721. The van der Waals surface area contributed by atoms with Crippen molar-refractivity contribution in [1.29, 1.82) is 0 Å². The number of carbonyl (C=O) groups excluding carboxylic acids is 1.